The molecule has 0 unspecified atom stereocenters. The van der Waals surface area contributed by atoms with Crippen molar-refractivity contribution in [3.8, 4) is 5.75 Å². The lowest BCUT2D eigenvalue weighted by molar-refractivity contribution is -0.147. The van der Waals surface area contributed by atoms with E-state index in [1.807, 2.05) is 13.8 Å². The third-order valence-corrected chi connectivity index (χ3v) is 2.66. The Kier molecular flexibility index (Phi) is 5.99. The monoisotopic (exact) mass is 281 g/mol. The number of carboxylic acids is 1. The molecule has 1 aromatic rings. The maximum absolute atomic E-state index is 11.6. The minimum absolute atomic E-state index is 0.0225. The summed E-state index contributed by atoms with van der Waals surface area (Å²) in [5, 5.41) is 8.48. The Balaban J connectivity index is 2.45. The minimum Gasteiger partial charge on any atom is -0.482 e. The van der Waals surface area contributed by atoms with Crippen LogP contribution in [0.5, 0.6) is 5.75 Å². The molecule has 110 valence electrons. The van der Waals surface area contributed by atoms with Crippen LogP contribution in [0, 0.1) is 5.92 Å². The molecule has 0 saturated heterocycles. The van der Waals surface area contributed by atoms with Crippen LogP contribution in [0.15, 0.2) is 24.3 Å². The lowest BCUT2D eigenvalue weighted by Gasteiger charge is -2.14. The first-order valence-corrected chi connectivity index (χ1v) is 6.26. The second-order valence-corrected chi connectivity index (χ2v) is 4.70. The van der Waals surface area contributed by atoms with Gasteiger partial charge in [-0.15, -0.1) is 0 Å². The molecule has 0 aliphatic rings. The molecule has 0 spiro atoms. The van der Waals surface area contributed by atoms with Crippen molar-refractivity contribution in [3.63, 3.8) is 0 Å². The fourth-order valence-corrected chi connectivity index (χ4v) is 1.35. The van der Waals surface area contributed by atoms with Gasteiger partial charge in [0.05, 0.1) is 0 Å². The van der Waals surface area contributed by atoms with E-state index in [0.717, 1.165) is 5.56 Å². The Bertz CT molecular complexity index is 455. The zero-order chi connectivity index (χ0) is 15.1. The van der Waals surface area contributed by atoms with Crippen LogP contribution in [0.3, 0.4) is 0 Å². The van der Waals surface area contributed by atoms with Crippen molar-refractivity contribution in [2.75, 3.05) is 6.61 Å². The molecule has 0 fully saturated rings. The van der Waals surface area contributed by atoms with Crippen molar-refractivity contribution in [1.29, 1.82) is 0 Å². The number of aliphatic carboxylic acids is 1. The van der Waals surface area contributed by atoms with Crippen molar-refractivity contribution in [3.05, 3.63) is 29.8 Å². The Labute approximate surface area is 117 Å². The van der Waals surface area contributed by atoms with E-state index in [4.69, 9.17) is 20.3 Å². The highest BCUT2D eigenvalue weighted by molar-refractivity contribution is 5.75. The Morgan fingerprint density at radius 1 is 1.25 bits per heavy atom. The molecule has 0 aromatic heterocycles. The molecular formula is C14H19NO5. The molecule has 3 N–H and O–H groups in total. The van der Waals surface area contributed by atoms with Crippen LogP contribution in [0.4, 0.5) is 0 Å². The van der Waals surface area contributed by atoms with E-state index in [2.05, 4.69) is 0 Å². The van der Waals surface area contributed by atoms with Crippen LogP contribution in [0.1, 0.15) is 19.4 Å². The number of nitrogens with two attached hydrogens (primary N) is 1. The SMILES string of the molecule is CC(C)[C@H](N)C(=O)OCc1ccc(OCC(=O)O)cc1. The van der Waals surface area contributed by atoms with Gasteiger partial charge in [0.2, 0.25) is 0 Å². The molecule has 0 amide bonds. The fourth-order valence-electron chi connectivity index (χ4n) is 1.35. The standard InChI is InChI=1S/C14H19NO5/c1-9(2)13(15)14(18)20-7-10-3-5-11(6-4-10)19-8-12(16)17/h3-6,9,13H,7-8,15H2,1-2H3,(H,16,17)/t13-/m0/s1. The Hall–Kier alpha value is -2.08. The number of benzene rings is 1. The number of rotatable bonds is 7. The van der Waals surface area contributed by atoms with Gasteiger partial charge in [-0.2, -0.15) is 0 Å². The number of carbonyl (C=O) groups is 2. The number of ether oxygens (including phenoxy) is 2. The van der Waals surface area contributed by atoms with Crippen molar-refractivity contribution in [2.24, 2.45) is 11.7 Å². The summed E-state index contributed by atoms with van der Waals surface area (Å²) in [5.41, 5.74) is 6.44. The van der Waals surface area contributed by atoms with E-state index in [0.29, 0.717) is 5.75 Å². The highest BCUT2D eigenvalue weighted by Gasteiger charge is 2.18. The minimum atomic E-state index is -1.04. The van der Waals surface area contributed by atoms with Crippen LogP contribution >= 0.6 is 0 Å². The molecule has 0 bridgehead atoms. The molecule has 20 heavy (non-hydrogen) atoms. The summed E-state index contributed by atoms with van der Waals surface area (Å²) in [7, 11) is 0. The van der Waals surface area contributed by atoms with Gasteiger partial charge in [0.25, 0.3) is 0 Å². The third-order valence-electron chi connectivity index (χ3n) is 2.66. The number of hydrogen-bond acceptors (Lipinski definition) is 5. The van der Waals surface area contributed by atoms with Gasteiger partial charge in [-0.3, -0.25) is 4.79 Å². The molecule has 1 rings (SSSR count). The molecule has 0 aliphatic heterocycles. The highest BCUT2D eigenvalue weighted by atomic mass is 16.5. The maximum atomic E-state index is 11.6. The molecule has 6 nitrogen and oxygen atoms in total. The fraction of sp³-hybridized carbons (Fsp3) is 0.429. The van der Waals surface area contributed by atoms with Gasteiger partial charge >= 0.3 is 11.9 Å². The summed E-state index contributed by atoms with van der Waals surface area (Å²) >= 11 is 0. The molecule has 0 aliphatic carbocycles. The van der Waals surface area contributed by atoms with Crippen LogP contribution < -0.4 is 10.5 Å². The van der Waals surface area contributed by atoms with Crippen molar-refractivity contribution in [2.45, 2.75) is 26.5 Å². The van der Waals surface area contributed by atoms with Crippen LogP contribution in [-0.4, -0.2) is 29.7 Å². The van der Waals surface area contributed by atoms with Gasteiger partial charge in [0, 0.05) is 0 Å². The summed E-state index contributed by atoms with van der Waals surface area (Å²) in [6.07, 6.45) is 0. The van der Waals surface area contributed by atoms with Gasteiger partial charge in [0.15, 0.2) is 6.61 Å². The lowest BCUT2D eigenvalue weighted by Crippen LogP contribution is -2.36. The summed E-state index contributed by atoms with van der Waals surface area (Å²) in [4.78, 5) is 21.9. The zero-order valence-electron chi connectivity index (χ0n) is 11.5. The van der Waals surface area contributed by atoms with Gasteiger partial charge in [-0.1, -0.05) is 26.0 Å². The second-order valence-electron chi connectivity index (χ2n) is 4.70. The second kappa shape index (κ2) is 7.49. The first kappa shape index (κ1) is 16.0. The molecule has 0 radical (unpaired) electrons. The van der Waals surface area contributed by atoms with Gasteiger partial charge in [-0.25, -0.2) is 4.79 Å². The predicted molar refractivity (Wildman–Crippen MR) is 72.2 cm³/mol. The smallest absolute Gasteiger partial charge is 0.341 e. The van der Waals surface area contributed by atoms with Crippen molar-refractivity contribution in [1.82, 2.24) is 0 Å². The Morgan fingerprint density at radius 2 is 1.85 bits per heavy atom. The van der Waals surface area contributed by atoms with E-state index >= 15 is 0 Å². The quantitative estimate of drug-likeness (QED) is 0.728. The van der Waals surface area contributed by atoms with Crippen LogP contribution in [-0.2, 0) is 20.9 Å². The van der Waals surface area contributed by atoms with E-state index in [-0.39, 0.29) is 12.5 Å². The maximum Gasteiger partial charge on any atom is 0.341 e. The van der Waals surface area contributed by atoms with Crippen LogP contribution in [0.25, 0.3) is 0 Å². The van der Waals surface area contributed by atoms with Gasteiger partial charge in [-0.05, 0) is 23.6 Å². The molecule has 6 heteroatoms. The molecule has 1 aromatic carbocycles. The molecule has 1 atom stereocenters. The average molecular weight is 281 g/mol. The van der Waals surface area contributed by atoms with Crippen molar-refractivity contribution >= 4 is 11.9 Å². The number of esters is 1. The number of carbonyl (C=O) groups excluding carboxylic acids is 1. The van der Waals surface area contributed by atoms with E-state index in [1.54, 1.807) is 24.3 Å². The normalized spacial score (nSPS) is 12.0. The Morgan fingerprint density at radius 3 is 2.35 bits per heavy atom. The van der Waals surface area contributed by atoms with E-state index in [1.165, 1.54) is 0 Å². The first-order chi connectivity index (χ1) is 9.40. The largest absolute Gasteiger partial charge is 0.482 e. The number of hydrogen-bond donors (Lipinski definition) is 2. The molecule has 0 heterocycles. The summed E-state index contributed by atoms with van der Waals surface area (Å²) in [5.74, 6) is -1.01. The summed E-state index contributed by atoms with van der Waals surface area (Å²) < 4.78 is 10.1. The van der Waals surface area contributed by atoms with Crippen LogP contribution in [0.2, 0.25) is 0 Å². The zero-order valence-corrected chi connectivity index (χ0v) is 11.5. The average Bonchev–Trinajstić information content (AvgIpc) is 2.42. The predicted octanol–water partition coefficient (Wildman–Crippen LogP) is 1.18. The highest BCUT2D eigenvalue weighted by Crippen LogP contribution is 2.13. The van der Waals surface area contributed by atoms with E-state index < -0.39 is 24.6 Å². The van der Waals surface area contributed by atoms with E-state index in [9.17, 15) is 9.59 Å². The number of carboxylic acid groups (broad SMARTS) is 1. The summed E-state index contributed by atoms with van der Waals surface area (Å²) in [6.45, 7) is 3.43. The first-order valence-electron chi connectivity index (χ1n) is 6.26. The molecule has 0 saturated carbocycles. The van der Waals surface area contributed by atoms with Crippen molar-refractivity contribution < 1.29 is 24.2 Å². The molecular weight excluding hydrogens is 262 g/mol. The lowest BCUT2D eigenvalue weighted by atomic mass is 10.1. The topological polar surface area (TPSA) is 98.9 Å². The van der Waals surface area contributed by atoms with Gasteiger partial charge in [0.1, 0.15) is 18.4 Å². The third kappa shape index (κ3) is 5.27. The summed E-state index contributed by atoms with van der Waals surface area (Å²) in [6, 6.07) is 6.01. The van der Waals surface area contributed by atoms with Gasteiger partial charge < -0.3 is 20.3 Å².